The summed E-state index contributed by atoms with van der Waals surface area (Å²) in [4.78, 5) is 0. The van der Waals surface area contributed by atoms with Crippen molar-refractivity contribution in [1.29, 1.82) is 0 Å². The van der Waals surface area contributed by atoms with Crippen LogP contribution in [0.3, 0.4) is 0 Å². The molecule has 0 saturated heterocycles. The first kappa shape index (κ1) is 9.88. The molecule has 0 aliphatic rings. The number of benzene rings is 1. The van der Waals surface area contributed by atoms with Crippen LogP contribution < -0.4 is 5.59 Å². The second-order valence-corrected chi connectivity index (χ2v) is 3.02. The molecule has 15 heavy (non-hydrogen) atoms. The van der Waals surface area contributed by atoms with Crippen molar-refractivity contribution in [3.8, 4) is 5.69 Å². The lowest BCUT2D eigenvalue weighted by Gasteiger charge is -2.05. The van der Waals surface area contributed by atoms with Gasteiger partial charge in [0.15, 0.2) is 0 Å². The van der Waals surface area contributed by atoms with Crippen molar-refractivity contribution in [2.45, 2.75) is 0 Å². The standard InChI is InChI=1S/C9H8BFN2O2/c11-7-1-3-8(4-2-7)13-9(10(14)15)5-6-12-13/h1-6,14-15H. The molecule has 4 nitrogen and oxygen atoms in total. The lowest BCUT2D eigenvalue weighted by molar-refractivity contribution is 0.423. The van der Waals surface area contributed by atoms with Crippen molar-refractivity contribution in [2.24, 2.45) is 0 Å². The first-order chi connectivity index (χ1) is 7.18. The van der Waals surface area contributed by atoms with Gasteiger partial charge in [-0.15, -0.1) is 0 Å². The van der Waals surface area contributed by atoms with Crippen LogP contribution in [0.4, 0.5) is 4.39 Å². The van der Waals surface area contributed by atoms with E-state index in [2.05, 4.69) is 5.10 Å². The molecule has 2 aromatic rings. The minimum Gasteiger partial charge on any atom is -0.422 e. The van der Waals surface area contributed by atoms with Gasteiger partial charge in [-0.05, 0) is 30.3 Å². The Hall–Kier alpha value is -1.66. The van der Waals surface area contributed by atoms with E-state index in [1.165, 1.54) is 41.2 Å². The second kappa shape index (κ2) is 3.84. The largest absolute Gasteiger partial charge is 0.508 e. The molecule has 0 spiro atoms. The highest BCUT2D eigenvalue weighted by Gasteiger charge is 2.17. The van der Waals surface area contributed by atoms with Crippen LogP contribution in [0.5, 0.6) is 0 Å². The second-order valence-electron chi connectivity index (χ2n) is 3.02. The zero-order chi connectivity index (χ0) is 10.8. The predicted molar refractivity (Wildman–Crippen MR) is 53.3 cm³/mol. The van der Waals surface area contributed by atoms with Crippen LogP contribution in [0.15, 0.2) is 36.5 Å². The molecule has 76 valence electrons. The van der Waals surface area contributed by atoms with Crippen LogP contribution in [0.25, 0.3) is 5.69 Å². The fraction of sp³-hybridized carbons (Fsp3) is 0. The third-order valence-electron chi connectivity index (χ3n) is 2.01. The van der Waals surface area contributed by atoms with Gasteiger partial charge in [0.2, 0.25) is 0 Å². The Morgan fingerprint density at radius 3 is 2.40 bits per heavy atom. The number of hydrogen-bond acceptors (Lipinski definition) is 3. The number of nitrogens with zero attached hydrogens (tertiary/aromatic N) is 2. The molecule has 6 heteroatoms. The highest BCUT2D eigenvalue weighted by molar-refractivity contribution is 6.57. The summed E-state index contributed by atoms with van der Waals surface area (Å²) in [6.07, 6.45) is 1.44. The van der Waals surface area contributed by atoms with Crippen molar-refractivity contribution in [2.75, 3.05) is 0 Å². The van der Waals surface area contributed by atoms with E-state index >= 15 is 0 Å². The molecule has 2 N–H and O–H groups in total. The van der Waals surface area contributed by atoms with E-state index in [0.717, 1.165) is 0 Å². The Morgan fingerprint density at radius 1 is 1.13 bits per heavy atom. The van der Waals surface area contributed by atoms with Gasteiger partial charge in [-0.3, -0.25) is 0 Å². The average Bonchev–Trinajstić information content (AvgIpc) is 2.67. The summed E-state index contributed by atoms with van der Waals surface area (Å²) in [7, 11) is -1.60. The Kier molecular flexibility index (Phi) is 2.53. The fourth-order valence-corrected chi connectivity index (χ4v) is 1.31. The quantitative estimate of drug-likeness (QED) is 0.662. The summed E-state index contributed by atoms with van der Waals surface area (Å²) in [5.74, 6) is -0.350. The van der Waals surface area contributed by atoms with E-state index < -0.39 is 7.12 Å². The van der Waals surface area contributed by atoms with Crippen molar-refractivity contribution in [3.05, 3.63) is 42.3 Å². The molecule has 0 amide bonds. The molecule has 2 rings (SSSR count). The highest BCUT2D eigenvalue weighted by atomic mass is 19.1. The van der Waals surface area contributed by atoms with E-state index in [9.17, 15) is 4.39 Å². The molecule has 0 atom stereocenters. The maximum Gasteiger partial charge on any atom is 0.508 e. The lowest BCUT2D eigenvalue weighted by Crippen LogP contribution is -2.35. The van der Waals surface area contributed by atoms with E-state index in [0.29, 0.717) is 5.69 Å². The van der Waals surface area contributed by atoms with E-state index in [1.54, 1.807) is 0 Å². The van der Waals surface area contributed by atoms with Crippen molar-refractivity contribution in [1.82, 2.24) is 9.78 Å². The number of halogens is 1. The van der Waals surface area contributed by atoms with Gasteiger partial charge in [0.05, 0.1) is 11.3 Å². The number of hydrogen-bond donors (Lipinski definition) is 2. The average molecular weight is 206 g/mol. The van der Waals surface area contributed by atoms with Crippen LogP contribution in [0, 0.1) is 5.82 Å². The van der Waals surface area contributed by atoms with Gasteiger partial charge in [0, 0.05) is 6.20 Å². The molecule has 1 aromatic heterocycles. The Bertz CT molecular complexity index is 455. The van der Waals surface area contributed by atoms with E-state index in [4.69, 9.17) is 10.0 Å². The lowest BCUT2D eigenvalue weighted by atomic mass is 9.86. The number of rotatable bonds is 2. The third kappa shape index (κ3) is 1.90. The molecular formula is C9H8BFN2O2. The SMILES string of the molecule is OB(O)c1ccnn1-c1ccc(F)cc1. The number of aromatic nitrogens is 2. The third-order valence-corrected chi connectivity index (χ3v) is 2.01. The maximum atomic E-state index is 12.7. The van der Waals surface area contributed by atoms with Gasteiger partial charge in [-0.2, -0.15) is 5.10 Å². The zero-order valence-electron chi connectivity index (χ0n) is 7.71. The van der Waals surface area contributed by atoms with Gasteiger partial charge >= 0.3 is 7.12 Å². The fourth-order valence-electron chi connectivity index (χ4n) is 1.31. The van der Waals surface area contributed by atoms with Crippen LogP contribution in [0.2, 0.25) is 0 Å². The maximum absolute atomic E-state index is 12.7. The summed E-state index contributed by atoms with van der Waals surface area (Å²) in [5, 5.41) is 22.0. The van der Waals surface area contributed by atoms with E-state index in [-0.39, 0.29) is 11.4 Å². The van der Waals surface area contributed by atoms with Gasteiger partial charge in [-0.25, -0.2) is 9.07 Å². The Morgan fingerprint density at radius 2 is 1.80 bits per heavy atom. The molecule has 0 radical (unpaired) electrons. The van der Waals surface area contributed by atoms with Gasteiger partial charge in [-0.1, -0.05) is 0 Å². The molecule has 0 unspecified atom stereocenters. The Labute approximate surface area is 85.7 Å². The van der Waals surface area contributed by atoms with Crippen molar-refractivity contribution in [3.63, 3.8) is 0 Å². The summed E-state index contributed by atoms with van der Waals surface area (Å²) < 4.78 is 14.0. The van der Waals surface area contributed by atoms with Gasteiger partial charge < -0.3 is 10.0 Å². The molecule has 0 aliphatic carbocycles. The monoisotopic (exact) mass is 206 g/mol. The molecule has 1 aromatic carbocycles. The molecular weight excluding hydrogens is 198 g/mol. The van der Waals surface area contributed by atoms with Crippen LogP contribution in [-0.2, 0) is 0 Å². The molecule has 0 aliphatic heterocycles. The first-order valence-corrected chi connectivity index (χ1v) is 4.34. The van der Waals surface area contributed by atoms with E-state index in [1.807, 2.05) is 0 Å². The zero-order valence-corrected chi connectivity index (χ0v) is 7.71. The normalized spacial score (nSPS) is 10.3. The Balaban J connectivity index is 2.45. The van der Waals surface area contributed by atoms with Crippen molar-refractivity contribution < 1.29 is 14.4 Å². The van der Waals surface area contributed by atoms with Gasteiger partial charge in [0.25, 0.3) is 0 Å². The van der Waals surface area contributed by atoms with Crippen LogP contribution in [-0.4, -0.2) is 26.9 Å². The van der Waals surface area contributed by atoms with Crippen molar-refractivity contribution >= 4 is 12.7 Å². The smallest absolute Gasteiger partial charge is 0.422 e. The summed E-state index contributed by atoms with van der Waals surface area (Å²) in [6, 6.07) is 7.06. The highest BCUT2D eigenvalue weighted by Crippen LogP contribution is 2.06. The van der Waals surface area contributed by atoms with Crippen LogP contribution >= 0.6 is 0 Å². The summed E-state index contributed by atoms with van der Waals surface area (Å²) in [5.41, 5.74) is 0.811. The minimum atomic E-state index is -1.60. The summed E-state index contributed by atoms with van der Waals surface area (Å²) in [6.45, 7) is 0. The predicted octanol–water partition coefficient (Wildman–Crippen LogP) is -0.309. The van der Waals surface area contributed by atoms with Gasteiger partial charge in [0.1, 0.15) is 5.82 Å². The molecule has 0 fully saturated rings. The first-order valence-electron chi connectivity index (χ1n) is 4.34. The minimum absolute atomic E-state index is 0.238. The molecule has 0 bridgehead atoms. The topological polar surface area (TPSA) is 58.3 Å². The summed E-state index contributed by atoms with van der Waals surface area (Å²) >= 11 is 0. The molecule has 0 saturated carbocycles. The van der Waals surface area contributed by atoms with Crippen LogP contribution in [0.1, 0.15) is 0 Å². The molecule has 1 heterocycles.